The topological polar surface area (TPSA) is 28.5 Å². The first kappa shape index (κ1) is 64.0. The van der Waals surface area contributed by atoms with Crippen LogP contribution in [0.5, 0.6) is 0 Å². The summed E-state index contributed by atoms with van der Waals surface area (Å²) in [5.41, 5.74) is 0. The van der Waals surface area contributed by atoms with Crippen LogP contribution in [0.2, 0.25) is 0 Å². The molecule has 35 valence electrons. The maximum absolute atomic E-state index is 0. The van der Waals surface area contributed by atoms with Gasteiger partial charge in [0.25, 0.3) is 0 Å². The molecule has 0 fully saturated rings. The molecule has 0 aliphatic rings. The Hall–Kier alpha value is 3.00. The first-order chi connectivity index (χ1) is 0. The summed E-state index contributed by atoms with van der Waals surface area (Å²) in [5.74, 6) is 0. The summed E-state index contributed by atoms with van der Waals surface area (Å²) < 4.78 is 0. The number of hydrogen-bond donors (Lipinski definition) is 0. The molecule has 6 heteroatoms. The predicted octanol–water partition coefficient (Wildman–Crippen LogP) is -0.555. The van der Waals surface area contributed by atoms with Gasteiger partial charge in [-0.15, -0.1) is 0 Å². The summed E-state index contributed by atoms with van der Waals surface area (Å²) in [6, 6.07) is 0. The van der Waals surface area contributed by atoms with Crippen LogP contribution in [0.3, 0.4) is 0 Å². The minimum atomic E-state index is 0. The third-order valence-electron chi connectivity index (χ3n) is 0. The van der Waals surface area contributed by atoms with Crippen molar-refractivity contribution in [2.75, 3.05) is 0 Å². The van der Waals surface area contributed by atoms with Gasteiger partial charge in [-0.1, -0.05) is 0 Å². The minimum Gasteiger partial charge on any atom is -0.153 e. The van der Waals surface area contributed by atoms with Crippen molar-refractivity contribution in [1.82, 2.24) is 0 Å². The van der Waals surface area contributed by atoms with E-state index >= 15 is 0 Å². The van der Waals surface area contributed by atoms with Gasteiger partial charge in [-0.05, 0) is 0 Å². The summed E-state index contributed by atoms with van der Waals surface area (Å²) >= 11 is 0. The Balaban J connectivity index is 0. The summed E-state index contributed by atoms with van der Waals surface area (Å²) in [7, 11) is 0. The molecule has 0 rings (SSSR count). The fourth-order valence-electron chi connectivity index (χ4n) is 0. The average Bonchev–Trinajstić information content (AvgIpc) is 0. The van der Waals surface area contributed by atoms with E-state index in [9.17, 15) is 0 Å². The maximum atomic E-state index is 0. The van der Waals surface area contributed by atoms with Crippen LogP contribution in [-0.4, -0.2) is 68.6 Å². The molecule has 0 aromatic heterocycles. The van der Waals surface area contributed by atoms with Gasteiger partial charge in [0.2, 0.25) is 0 Å². The molecule has 0 aliphatic heterocycles. The van der Waals surface area contributed by atoms with Crippen molar-refractivity contribution < 1.29 is 5.48 Å². The van der Waals surface area contributed by atoms with Gasteiger partial charge < -0.3 is 0 Å². The summed E-state index contributed by atoms with van der Waals surface area (Å²) in [6.45, 7) is 0. The molecule has 0 saturated heterocycles. The smallest absolute Gasteiger partial charge is 0 e. The van der Waals surface area contributed by atoms with Crippen LogP contribution in [-0.2, 0) is 5.48 Å². The van der Waals surface area contributed by atoms with Gasteiger partial charge in [-0.25, -0.2) is 0 Å². The third kappa shape index (κ3) is 28.0. The van der Waals surface area contributed by atoms with Crippen LogP contribution < -0.4 is 0 Å². The normalized spacial score (nSPS) is 0. The quantitative estimate of drug-likeness (QED) is 0.324. The summed E-state index contributed by atoms with van der Waals surface area (Å²) in [5, 5.41) is 0. The van der Waals surface area contributed by atoms with Crippen molar-refractivity contribution in [1.29, 1.82) is 0 Å². The molecule has 0 heterocycles. The molecule has 1 atom stereocenters. The third-order valence-corrected chi connectivity index (χ3v) is 0. The second-order valence-corrected chi connectivity index (χ2v) is 0. The van der Waals surface area contributed by atoms with E-state index in [0.717, 1.165) is 0 Å². The molecular weight excluding hydrogens is 485 g/mol. The molecule has 0 aromatic rings. The monoisotopic (exact) mass is 487 g/mol. The molecule has 1 nitrogen and oxygen atoms in total. The minimum absolute atomic E-state index is 0. The fourth-order valence-corrected chi connectivity index (χ4v) is 0. The van der Waals surface area contributed by atoms with Crippen LogP contribution >= 0.6 is 23.4 Å². The molecule has 0 bridgehead atoms. The molecule has 1 unspecified atom stereocenters. The first-order valence-corrected chi connectivity index (χ1v) is 0. The van der Waals surface area contributed by atoms with E-state index in [0.29, 0.717) is 0 Å². The zero-order chi connectivity index (χ0) is 0. The Kier molecular flexibility index (Phi) is 465. The van der Waals surface area contributed by atoms with Gasteiger partial charge in [-0.3, -0.25) is 0 Å². The van der Waals surface area contributed by atoms with Crippen LogP contribution in [0.4, 0.5) is 0 Å². The van der Waals surface area contributed by atoms with E-state index in [1.807, 2.05) is 0 Å². The maximum Gasteiger partial charge on any atom is 0 e. The van der Waals surface area contributed by atoms with Crippen molar-refractivity contribution >= 4 is 92.0 Å². The zero-order valence-corrected chi connectivity index (χ0v) is 13.0. The van der Waals surface area contributed by atoms with E-state index in [4.69, 9.17) is 0 Å². The van der Waals surface area contributed by atoms with Crippen LogP contribution in [0.15, 0.2) is 0 Å². The van der Waals surface area contributed by atoms with Gasteiger partial charge in [-0.2, -0.15) is 9.90 Å². The predicted molar refractivity (Wildman–Crippen MR) is 36.6 cm³/mol. The molecule has 0 saturated carbocycles. The second-order valence-electron chi connectivity index (χ2n) is 0. The Morgan fingerprint density at radius 3 is 1.00 bits per heavy atom. The Morgan fingerprint density at radius 1 is 1.00 bits per heavy atom. The summed E-state index contributed by atoms with van der Waals surface area (Å²) in [6.07, 6.45) is 0. The molecule has 0 aliphatic carbocycles. The van der Waals surface area contributed by atoms with Gasteiger partial charge >= 0.3 is 0 Å². The Bertz CT molecular complexity index is 15.5. The molecule has 0 spiro atoms. The van der Waals surface area contributed by atoms with Crippen molar-refractivity contribution in [2.45, 2.75) is 0 Å². The van der Waals surface area contributed by atoms with Gasteiger partial charge in [0.1, 0.15) is 0 Å². The SMILES string of the molecule is P.[As].[Bi].[O].[S].[Sb]. The number of rotatable bonds is 0. The standard InChI is InChI=1S/As.Bi.O.H3P.S.Sb/h;;;1H3;;. The van der Waals surface area contributed by atoms with E-state index in [1.165, 1.54) is 0 Å². The van der Waals surface area contributed by atoms with Crippen molar-refractivity contribution in [3.8, 4) is 0 Å². The first-order valence-electron chi connectivity index (χ1n) is 0. The van der Waals surface area contributed by atoms with Crippen molar-refractivity contribution in [3.63, 3.8) is 0 Å². The average molecular weight is 488 g/mol. The van der Waals surface area contributed by atoms with Crippen molar-refractivity contribution in [2.24, 2.45) is 0 Å². The molecule has 6 heavy (non-hydrogen) atoms. The van der Waals surface area contributed by atoms with Gasteiger partial charge in [0, 0.05) is 87.6 Å². The largest absolute Gasteiger partial charge is 0.153 e. The van der Waals surface area contributed by atoms with Crippen molar-refractivity contribution in [3.05, 3.63) is 0 Å². The number of hydrogen-bond acceptors (Lipinski definition) is 0. The van der Waals surface area contributed by atoms with Crippen LogP contribution in [0.1, 0.15) is 0 Å². The van der Waals surface area contributed by atoms with Crippen LogP contribution in [0.25, 0.3) is 0 Å². The molecular formula is H3AsBiOPSSb. The van der Waals surface area contributed by atoms with Crippen LogP contribution in [0, 0.1) is 0 Å². The van der Waals surface area contributed by atoms with E-state index < -0.39 is 0 Å². The van der Waals surface area contributed by atoms with E-state index in [1.54, 1.807) is 0 Å². The van der Waals surface area contributed by atoms with E-state index in [2.05, 4.69) is 0 Å². The molecule has 0 N–H and O–H groups in total. The van der Waals surface area contributed by atoms with Gasteiger partial charge in [0.05, 0.1) is 0 Å². The van der Waals surface area contributed by atoms with E-state index in [-0.39, 0.29) is 97.5 Å². The zero-order valence-electron chi connectivity index (χ0n) is 2.87. The molecule has 0 aromatic carbocycles. The van der Waals surface area contributed by atoms with Gasteiger partial charge in [0.15, 0.2) is 0 Å². The Labute approximate surface area is 96.0 Å². The second kappa shape index (κ2) is 43.6. The molecule has 13 radical (unpaired) electrons. The Morgan fingerprint density at radius 2 is 1.00 bits per heavy atom. The fraction of sp³-hybridized carbons (Fsp3) is 0. The summed E-state index contributed by atoms with van der Waals surface area (Å²) in [4.78, 5) is 0. The molecule has 0 amide bonds.